The van der Waals surface area contributed by atoms with Gasteiger partial charge in [0.15, 0.2) is 0 Å². The van der Waals surface area contributed by atoms with Gasteiger partial charge in [-0.05, 0) is 13.8 Å². The van der Waals surface area contributed by atoms with Gasteiger partial charge < -0.3 is 19.9 Å². The van der Waals surface area contributed by atoms with Crippen LogP contribution in [0, 0.1) is 0 Å². The van der Waals surface area contributed by atoms with Crippen LogP contribution in [0.3, 0.4) is 0 Å². The van der Waals surface area contributed by atoms with Crippen LogP contribution in [0.15, 0.2) is 0 Å². The number of carbonyl (C=O) groups excluding carboxylic acids is 1. The highest BCUT2D eigenvalue weighted by atomic mass is 31.2. The van der Waals surface area contributed by atoms with Crippen LogP contribution in [0.4, 0.5) is 0 Å². The fraction of sp³-hybridized carbons (Fsp3) is 0.875. The summed E-state index contributed by atoms with van der Waals surface area (Å²) in [4.78, 5) is 10.5. The molecule has 0 bridgehead atoms. The van der Waals surface area contributed by atoms with Gasteiger partial charge in [0.2, 0.25) is 0 Å². The Labute approximate surface area is 90.4 Å². The Morgan fingerprint density at radius 3 is 2.00 bits per heavy atom. The zero-order valence-corrected chi connectivity index (χ0v) is 10.4. The van der Waals surface area contributed by atoms with E-state index in [1.165, 1.54) is 6.92 Å². The Morgan fingerprint density at radius 2 is 1.67 bits per heavy atom. The standard InChI is InChI=1S/C8H17O5P.H3N/c1-4-12-14(10,13-5-2)7-6-11-8(3)9;/h4-7H2,1-3H3;1H3. The predicted molar refractivity (Wildman–Crippen MR) is 57.4 cm³/mol. The van der Waals surface area contributed by atoms with Crippen molar-refractivity contribution in [2.45, 2.75) is 20.8 Å². The quantitative estimate of drug-likeness (QED) is 0.540. The molecule has 0 radical (unpaired) electrons. The van der Waals surface area contributed by atoms with Crippen molar-refractivity contribution in [3.8, 4) is 0 Å². The molecular weight excluding hydrogens is 221 g/mol. The van der Waals surface area contributed by atoms with E-state index in [0.717, 1.165) is 0 Å². The van der Waals surface area contributed by atoms with Crippen LogP contribution in [-0.2, 0) is 23.1 Å². The molecule has 3 N–H and O–H groups in total. The Kier molecular flexibility index (Phi) is 10.0. The van der Waals surface area contributed by atoms with E-state index in [1.54, 1.807) is 13.8 Å². The van der Waals surface area contributed by atoms with Crippen molar-refractivity contribution >= 4 is 13.6 Å². The first-order chi connectivity index (χ1) is 6.54. The van der Waals surface area contributed by atoms with Gasteiger partial charge in [-0.3, -0.25) is 9.36 Å². The number of rotatable bonds is 7. The molecule has 0 saturated heterocycles. The van der Waals surface area contributed by atoms with Crippen molar-refractivity contribution in [1.29, 1.82) is 0 Å². The maximum Gasteiger partial charge on any atom is 0.334 e. The van der Waals surface area contributed by atoms with E-state index < -0.39 is 13.6 Å². The molecule has 0 aromatic heterocycles. The number of ether oxygens (including phenoxy) is 1. The largest absolute Gasteiger partial charge is 0.465 e. The lowest BCUT2D eigenvalue weighted by Gasteiger charge is -2.16. The van der Waals surface area contributed by atoms with Gasteiger partial charge in [0.05, 0.1) is 19.4 Å². The molecule has 6 nitrogen and oxygen atoms in total. The van der Waals surface area contributed by atoms with Crippen LogP contribution < -0.4 is 6.15 Å². The average Bonchev–Trinajstić information content (AvgIpc) is 2.03. The Bertz CT molecular complexity index is 211. The number of carbonyl (C=O) groups is 1. The highest BCUT2D eigenvalue weighted by molar-refractivity contribution is 7.53. The Morgan fingerprint density at radius 1 is 1.20 bits per heavy atom. The smallest absolute Gasteiger partial charge is 0.334 e. The monoisotopic (exact) mass is 241 g/mol. The molecule has 0 aromatic carbocycles. The first kappa shape index (κ1) is 17.0. The molecule has 0 aromatic rings. The molecule has 15 heavy (non-hydrogen) atoms. The highest BCUT2D eigenvalue weighted by Crippen LogP contribution is 2.47. The second-order valence-electron chi connectivity index (χ2n) is 2.51. The highest BCUT2D eigenvalue weighted by Gasteiger charge is 2.23. The van der Waals surface area contributed by atoms with E-state index in [1.807, 2.05) is 0 Å². The third-order valence-electron chi connectivity index (χ3n) is 1.32. The van der Waals surface area contributed by atoms with Crippen molar-refractivity contribution in [2.24, 2.45) is 0 Å². The van der Waals surface area contributed by atoms with E-state index in [4.69, 9.17) is 9.05 Å². The second-order valence-corrected chi connectivity index (χ2v) is 4.70. The molecule has 7 heteroatoms. The molecule has 0 rings (SSSR count). The van der Waals surface area contributed by atoms with Crippen molar-refractivity contribution in [2.75, 3.05) is 26.0 Å². The van der Waals surface area contributed by atoms with Gasteiger partial charge in [-0.2, -0.15) is 0 Å². The minimum atomic E-state index is -3.05. The summed E-state index contributed by atoms with van der Waals surface area (Å²) in [7, 11) is -3.05. The summed E-state index contributed by atoms with van der Waals surface area (Å²) >= 11 is 0. The van der Waals surface area contributed by atoms with Gasteiger partial charge in [0, 0.05) is 6.92 Å². The lowest BCUT2D eigenvalue weighted by atomic mass is 10.8. The van der Waals surface area contributed by atoms with Crippen LogP contribution in [-0.4, -0.2) is 32.0 Å². The fourth-order valence-electron chi connectivity index (χ4n) is 0.861. The third-order valence-corrected chi connectivity index (χ3v) is 3.36. The van der Waals surface area contributed by atoms with Crippen LogP contribution in [0.5, 0.6) is 0 Å². The molecule has 0 atom stereocenters. The van der Waals surface area contributed by atoms with E-state index in [2.05, 4.69) is 4.74 Å². The summed E-state index contributed by atoms with van der Waals surface area (Å²) in [5.41, 5.74) is 0. The normalized spacial score (nSPS) is 10.6. The Balaban J connectivity index is 0. The summed E-state index contributed by atoms with van der Waals surface area (Å²) in [5.74, 6) is -0.399. The lowest BCUT2D eigenvalue weighted by Crippen LogP contribution is -2.08. The van der Waals surface area contributed by atoms with Crippen molar-refractivity contribution in [1.82, 2.24) is 6.15 Å². The fourth-order valence-corrected chi connectivity index (χ4v) is 2.30. The first-order valence-electron chi connectivity index (χ1n) is 4.55. The summed E-state index contributed by atoms with van der Waals surface area (Å²) in [6.07, 6.45) is 0.105. The minimum absolute atomic E-state index is 0. The number of hydrogen-bond donors (Lipinski definition) is 1. The maximum atomic E-state index is 11.8. The van der Waals surface area contributed by atoms with Gasteiger partial charge in [0.25, 0.3) is 0 Å². The topological polar surface area (TPSA) is 96.8 Å². The zero-order chi connectivity index (χ0) is 11.0. The molecule has 0 aliphatic rings. The Hall–Kier alpha value is -0.420. The van der Waals surface area contributed by atoms with E-state index in [0.29, 0.717) is 13.2 Å². The van der Waals surface area contributed by atoms with Gasteiger partial charge in [-0.15, -0.1) is 0 Å². The molecule has 0 unspecified atom stereocenters. The van der Waals surface area contributed by atoms with Gasteiger partial charge in [-0.25, -0.2) is 0 Å². The van der Waals surface area contributed by atoms with E-state index in [-0.39, 0.29) is 18.9 Å². The van der Waals surface area contributed by atoms with Crippen molar-refractivity contribution in [3.05, 3.63) is 0 Å². The number of hydrogen-bond acceptors (Lipinski definition) is 6. The SMILES string of the molecule is CCOP(=O)(CCOC(C)=O)OCC.N. The van der Waals surface area contributed by atoms with Gasteiger partial charge in [-0.1, -0.05) is 0 Å². The van der Waals surface area contributed by atoms with Gasteiger partial charge >= 0.3 is 13.6 Å². The molecule has 0 aliphatic carbocycles. The molecule has 0 fully saturated rings. The number of esters is 1. The van der Waals surface area contributed by atoms with E-state index >= 15 is 0 Å². The molecular formula is C8H20NO5P. The van der Waals surface area contributed by atoms with Crippen molar-refractivity contribution < 1.29 is 23.1 Å². The van der Waals surface area contributed by atoms with E-state index in [9.17, 15) is 9.36 Å². The average molecular weight is 241 g/mol. The zero-order valence-electron chi connectivity index (χ0n) is 9.52. The summed E-state index contributed by atoms with van der Waals surface area (Å²) in [6, 6.07) is 0. The lowest BCUT2D eigenvalue weighted by molar-refractivity contribution is -0.140. The second kappa shape index (κ2) is 8.85. The first-order valence-corrected chi connectivity index (χ1v) is 6.28. The van der Waals surface area contributed by atoms with Crippen molar-refractivity contribution in [3.63, 3.8) is 0 Å². The summed E-state index contributed by atoms with van der Waals surface area (Å²) in [6.45, 7) is 5.46. The molecule has 0 heterocycles. The summed E-state index contributed by atoms with van der Waals surface area (Å²) < 4.78 is 26.4. The minimum Gasteiger partial charge on any atom is -0.465 e. The van der Waals surface area contributed by atoms with Gasteiger partial charge in [0.1, 0.15) is 6.61 Å². The van der Waals surface area contributed by atoms with Crippen LogP contribution >= 0.6 is 7.60 Å². The molecule has 92 valence electrons. The predicted octanol–water partition coefficient (Wildman–Crippen LogP) is 1.98. The molecule has 0 amide bonds. The maximum absolute atomic E-state index is 11.8. The van der Waals surface area contributed by atoms with Crippen LogP contribution in [0.1, 0.15) is 20.8 Å². The molecule has 0 aliphatic heterocycles. The van der Waals surface area contributed by atoms with Crippen LogP contribution in [0.25, 0.3) is 0 Å². The molecule has 0 spiro atoms. The molecule has 0 saturated carbocycles. The summed E-state index contributed by atoms with van der Waals surface area (Å²) in [5, 5.41) is 0. The van der Waals surface area contributed by atoms with Crippen LogP contribution in [0.2, 0.25) is 0 Å². The third kappa shape index (κ3) is 8.57.